The molecule has 0 unspecified atom stereocenters. The van der Waals surface area contributed by atoms with E-state index in [0.29, 0.717) is 25.6 Å². The molecular weight excluding hydrogens is 425 g/mol. The summed E-state index contributed by atoms with van der Waals surface area (Å²) in [5.41, 5.74) is 3.36. The van der Waals surface area contributed by atoms with Crippen LogP contribution in [0.15, 0.2) is 60.7 Å². The average molecular weight is 449 g/mol. The molecule has 170 valence electrons. The van der Waals surface area contributed by atoms with E-state index in [1.165, 1.54) is 12.1 Å². The molecular formula is C25H24FN3O4. The monoisotopic (exact) mass is 449 g/mol. The number of nitrogens with zero attached hydrogens (tertiary/aromatic N) is 3. The number of aryl methyl sites for hydroxylation is 1. The molecule has 2 aromatic carbocycles. The summed E-state index contributed by atoms with van der Waals surface area (Å²) >= 11 is 0. The summed E-state index contributed by atoms with van der Waals surface area (Å²) in [6, 6.07) is 11.4. The standard InChI is InChI=1S/C25H24FN3O4/c1-16-11-28(15-27-16)21-8-3-17(9-23(21)31-2)10-24-25(30)29-20(13-33-24)12-32-14-22(29)18-4-6-19(26)7-5-18/h3-11,15,20,22H,12-14H2,1-2H3/b24-10-/t20-,22+/m1/s1. The van der Waals surface area contributed by atoms with Crippen molar-refractivity contribution in [3.63, 3.8) is 0 Å². The van der Waals surface area contributed by atoms with Crippen LogP contribution in [0.25, 0.3) is 11.8 Å². The maximum absolute atomic E-state index is 13.4. The second-order valence-electron chi connectivity index (χ2n) is 8.14. The summed E-state index contributed by atoms with van der Waals surface area (Å²) in [5.74, 6) is 0.383. The van der Waals surface area contributed by atoms with Crippen LogP contribution in [0.2, 0.25) is 0 Å². The molecule has 1 amide bonds. The Bertz CT molecular complexity index is 1200. The number of imidazole rings is 1. The number of methoxy groups -OCH3 is 1. The maximum atomic E-state index is 13.4. The lowest BCUT2D eigenvalue weighted by Gasteiger charge is -2.45. The SMILES string of the molecule is COc1cc(/C=C2\OC[C@H]3COC[C@@H](c4ccc(F)cc4)N3C2=O)ccc1-n1cnc(C)c1. The zero-order valence-corrected chi connectivity index (χ0v) is 18.4. The minimum absolute atomic E-state index is 0.195. The van der Waals surface area contributed by atoms with Crippen LogP contribution < -0.4 is 4.74 Å². The molecule has 2 saturated heterocycles. The van der Waals surface area contributed by atoms with Crippen LogP contribution in [0.3, 0.4) is 0 Å². The average Bonchev–Trinajstić information content (AvgIpc) is 3.27. The lowest BCUT2D eigenvalue weighted by molar-refractivity contribution is -0.157. The predicted molar refractivity (Wildman–Crippen MR) is 119 cm³/mol. The van der Waals surface area contributed by atoms with Gasteiger partial charge in [0, 0.05) is 6.20 Å². The summed E-state index contributed by atoms with van der Waals surface area (Å²) in [6.07, 6.45) is 5.37. The smallest absolute Gasteiger partial charge is 0.289 e. The maximum Gasteiger partial charge on any atom is 0.289 e. The van der Waals surface area contributed by atoms with Crippen molar-refractivity contribution in [1.82, 2.24) is 14.5 Å². The van der Waals surface area contributed by atoms with Crippen LogP contribution >= 0.6 is 0 Å². The molecule has 3 aromatic rings. The van der Waals surface area contributed by atoms with Gasteiger partial charge in [-0.3, -0.25) is 4.79 Å². The highest BCUT2D eigenvalue weighted by molar-refractivity contribution is 5.97. The van der Waals surface area contributed by atoms with Crippen molar-refractivity contribution in [1.29, 1.82) is 0 Å². The molecule has 5 rings (SSSR count). The van der Waals surface area contributed by atoms with Gasteiger partial charge in [-0.25, -0.2) is 9.37 Å². The third-order valence-electron chi connectivity index (χ3n) is 5.94. The van der Waals surface area contributed by atoms with E-state index in [9.17, 15) is 9.18 Å². The van der Waals surface area contributed by atoms with Gasteiger partial charge in [0.15, 0.2) is 5.76 Å². The first-order valence-corrected chi connectivity index (χ1v) is 10.7. The van der Waals surface area contributed by atoms with Crippen LogP contribution in [-0.4, -0.2) is 53.3 Å². The Morgan fingerprint density at radius 2 is 1.97 bits per heavy atom. The largest absolute Gasteiger partial charge is 0.495 e. The van der Waals surface area contributed by atoms with Crippen LogP contribution in [0.5, 0.6) is 5.75 Å². The Labute approximate surface area is 191 Å². The van der Waals surface area contributed by atoms with Crippen molar-refractivity contribution >= 4 is 12.0 Å². The summed E-state index contributed by atoms with van der Waals surface area (Å²) in [5, 5.41) is 0. The number of amides is 1. The van der Waals surface area contributed by atoms with Gasteiger partial charge in [-0.2, -0.15) is 0 Å². The predicted octanol–water partition coefficient (Wildman–Crippen LogP) is 3.67. The zero-order chi connectivity index (χ0) is 22.9. The number of ether oxygens (including phenoxy) is 3. The van der Waals surface area contributed by atoms with Gasteiger partial charge in [-0.15, -0.1) is 0 Å². The molecule has 1 aromatic heterocycles. The molecule has 0 bridgehead atoms. The van der Waals surface area contributed by atoms with E-state index in [-0.39, 0.29) is 29.6 Å². The molecule has 0 aliphatic carbocycles. The highest BCUT2D eigenvalue weighted by Gasteiger charge is 2.41. The van der Waals surface area contributed by atoms with Crippen molar-refractivity contribution in [2.45, 2.75) is 19.0 Å². The molecule has 8 heteroatoms. The first-order chi connectivity index (χ1) is 16.0. The number of aromatic nitrogens is 2. The molecule has 0 radical (unpaired) electrons. The lowest BCUT2D eigenvalue weighted by atomic mass is 10.0. The third kappa shape index (κ3) is 4.09. The molecule has 2 fully saturated rings. The van der Waals surface area contributed by atoms with Gasteiger partial charge in [0.1, 0.15) is 18.2 Å². The molecule has 2 aliphatic rings. The zero-order valence-electron chi connectivity index (χ0n) is 18.4. The highest BCUT2D eigenvalue weighted by atomic mass is 19.1. The van der Waals surface area contributed by atoms with Gasteiger partial charge in [-0.1, -0.05) is 18.2 Å². The van der Waals surface area contributed by atoms with Gasteiger partial charge in [0.2, 0.25) is 0 Å². The topological polar surface area (TPSA) is 65.8 Å². The number of morpholine rings is 2. The number of carbonyl (C=O) groups is 1. The summed E-state index contributed by atoms with van der Waals surface area (Å²) in [6.45, 7) is 3.02. The van der Waals surface area contributed by atoms with E-state index in [4.69, 9.17) is 14.2 Å². The lowest BCUT2D eigenvalue weighted by Crippen LogP contribution is -2.56. The molecule has 0 saturated carbocycles. The van der Waals surface area contributed by atoms with Crippen LogP contribution in [0.4, 0.5) is 4.39 Å². The van der Waals surface area contributed by atoms with Gasteiger partial charge < -0.3 is 23.7 Å². The quantitative estimate of drug-likeness (QED) is 0.569. The molecule has 0 N–H and O–H groups in total. The van der Waals surface area contributed by atoms with Gasteiger partial charge in [0.05, 0.1) is 50.1 Å². The first-order valence-electron chi connectivity index (χ1n) is 10.7. The van der Waals surface area contributed by atoms with Crippen molar-refractivity contribution in [3.8, 4) is 11.4 Å². The second kappa shape index (κ2) is 8.71. The molecule has 0 spiro atoms. The summed E-state index contributed by atoms with van der Waals surface area (Å²) in [4.78, 5) is 19.5. The molecule has 33 heavy (non-hydrogen) atoms. The van der Waals surface area contributed by atoms with E-state index < -0.39 is 0 Å². The fraction of sp³-hybridized carbons (Fsp3) is 0.280. The normalized spacial score (nSPS) is 21.6. The number of hydrogen-bond acceptors (Lipinski definition) is 5. The molecule has 2 atom stereocenters. The van der Waals surface area contributed by atoms with Crippen LogP contribution in [0, 0.1) is 12.7 Å². The molecule has 2 aliphatic heterocycles. The Morgan fingerprint density at radius 1 is 1.15 bits per heavy atom. The van der Waals surface area contributed by atoms with Crippen LogP contribution in [-0.2, 0) is 14.3 Å². The fourth-order valence-electron chi connectivity index (χ4n) is 4.29. The first kappa shape index (κ1) is 21.2. The molecule has 3 heterocycles. The minimum atomic E-state index is -0.316. The van der Waals surface area contributed by atoms with E-state index in [2.05, 4.69) is 4.98 Å². The van der Waals surface area contributed by atoms with Crippen molar-refractivity contribution < 1.29 is 23.4 Å². The Balaban J connectivity index is 1.44. The number of benzene rings is 2. The second-order valence-corrected chi connectivity index (χ2v) is 8.14. The minimum Gasteiger partial charge on any atom is -0.495 e. The number of fused-ring (bicyclic) bond motifs is 1. The van der Waals surface area contributed by atoms with E-state index in [0.717, 1.165) is 22.5 Å². The number of rotatable bonds is 4. The van der Waals surface area contributed by atoms with Crippen LogP contribution in [0.1, 0.15) is 22.9 Å². The fourth-order valence-corrected chi connectivity index (χ4v) is 4.29. The Hall–Kier alpha value is -3.65. The van der Waals surface area contributed by atoms with E-state index >= 15 is 0 Å². The Kier molecular flexibility index (Phi) is 5.60. The van der Waals surface area contributed by atoms with Crippen molar-refractivity contribution in [2.24, 2.45) is 0 Å². The van der Waals surface area contributed by atoms with E-state index in [1.54, 1.807) is 36.5 Å². The third-order valence-corrected chi connectivity index (χ3v) is 5.94. The van der Waals surface area contributed by atoms with Gasteiger partial charge in [0.25, 0.3) is 5.91 Å². The summed E-state index contributed by atoms with van der Waals surface area (Å²) in [7, 11) is 1.60. The number of halogens is 1. The Morgan fingerprint density at radius 3 is 2.70 bits per heavy atom. The van der Waals surface area contributed by atoms with Gasteiger partial charge >= 0.3 is 0 Å². The number of carbonyl (C=O) groups excluding carboxylic acids is 1. The van der Waals surface area contributed by atoms with Crippen molar-refractivity contribution in [3.05, 3.63) is 83.4 Å². The summed E-state index contributed by atoms with van der Waals surface area (Å²) < 4.78 is 32.4. The van der Waals surface area contributed by atoms with E-state index in [1.807, 2.05) is 35.9 Å². The van der Waals surface area contributed by atoms with Crippen molar-refractivity contribution in [2.75, 3.05) is 26.9 Å². The van der Waals surface area contributed by atoms with Gasteiger partial charge in [-0.05, 0) is 48.4 Å². The number of hydrogen-bond donors (Lipinski definition) is 0. The highest BCUT2D eigenvalue weighted by Crippen LogP contribution is 2.33. The molecule has 7 nitrogen and oxygen atoms in total.